The van der Waals surface area contributed by atoms with Gasteiger partial charge in [-0.25, -0.2) is 0 Å². The highest BCUT2D eigenvalue weighted by Gasteiger charge is 2.42. The molecule has 0 spiro atoms. The van der Waals surface area contributed by atoms with Gasteiger partial charge in [0, 0.05) is 38.7 Å². The number of nitrogens with zero attached hydrogens (tertiary/aromatic N) is 2. The van der Waals surface area contributed by atoms with E-state index >= 15 is 0 Å². The molecule has 3 atom stereocenters. The van der Waals surface area contributed by atoms with Crippen molar-refractivity contribution in [1.29, 1.82) is 0 Å². The minimum absolute atomic E-state index is 0.0277. The third-order valence-electron chi connectivity index (χ3n) is 5.45. The highest BCUT2D eigenvalue weighted by atomic mass is 16.5. The third-order valence-corrected chi connectivity index (χ3v) is 5.45. The van der Waals surface area contributed by atoms with E-state index in [0.717, 1.165) is 25.1 Å². The van der Waals surface area contributed by atoms with E-state index in [1.54, 1.807) is 0 Å². The second-order valence-corrected chi connectivity index (χ2v) is 7.00. The predicted molar refractivity (Wildman–Crippen MR) is 92.0 cm³/mol. The molecular weight excluding hydrogens is 304 g/mol. The van der Waals surface area contributed by atoms with Crippen molar-refractivity contribution in [1.82, 2.24) is 9.80 Å². The molecule has 1 saturated carbocycles. The van der Waals surface area contributed by atoms with Crippen LogP contribution in [0.2, 0.25) is 0 Å². The number of amides is 2. The molecule has 1 aromatic carbocycles. The van der Waals surface area contributed by atoms with Crippen molar-refractivity contribution in [3.63, 3.8) is 0 Å². The number of benzene rings is 1. The first-order valence-corrected chi connectivity index (χ1v) is 8.73. The zero-order chi connectivity index (χ0) is 17.3. The van der Waals surface area contributed by atoms with Crippen LogP contribution in [0.1, 0.15) is 36.5 Å². The Morgan fingerprint density at radius 2 is 2.08 bits per heavy atom. The lowest BCUT2D eigenvalue weighted by molar-refractivity contribution is -0.134. The summed E-state index contributed by atoms with van der Waals surface area (Å²) in [6.07, 6.45) is 2.53. The van der Waals surface area contributed by atoms with Crippen LogP contribution in [-0.4, -0.2) is 54.9 Å². The molecular formula is C19H26N2O3. The Kier molecular flexibility index (Phi) is 4.78. The fourth-order valence-electron chi connectivity index (χ4n) is 4.06. The summed E-state index contributed by atoms with van der Waals surface area (Å²) in [5.74, 6) is 1.92. The maximum absolute atomic E-state index is 12.8. The van der Waals surface area contributed by atoms with Gasteiger partial charge in [0.2, 0.25) is 5.91 Å². The normalized spacial score (nSPS) is 26.2. The summed E-state index contributed by atoms with van der Waals surface area (Å²) < 4.78 is 5.49. The molecule has 3 rings (SSSR count). The van der Waals surface area contributed by atoms with Crippen LogP contribution in [0.4, 0.5) is 0 Å². The lowest BCUT2D eigenvalue weighted by atomic mass is 9.88. The molecule has 2 fully saturated rings. The van der Waals surface area contributed by atoms with Crippen molar-refractivity contribution in [2.45, 2.75) is 32.2 Å². The number of piperidine rings is 1. The van der Waals surface area contributed by atoms with Crippen molar-refractivity contribution >= 4 is 11.8 Å². The second-order valence-electron chi connectivity index (χ2n) is 7.00. The van der Waals surface area contributed by atoms with Gasteiger partial charge in [-0.15, -0.1) is 0 Å². The summed E-state index contributed by atoms with van der Waals surface area (Å²) in [7, 11) is 3.75. The van der Waals surface area contributed by atoms with Gasteiger partial charge in [0.25, 0.3) is 5.91 Å². The first kappa shape index (κ1) is 16.8. The average molecular weight is 330 g/mol. The Labute approximate surface area is 143 Å². The molecule has 130 valence electrons. The number of hydrogen-bond acceptors (Lipinski definition) is 3. The standard InChI is InChI=1S/C19H26N2O3/c1-4-24-17-7-5-6-13(10-17)19(23)21(3)16-8-14-11-18(22)20(2)12-15(14)9-16/h5-7,10,14-16H,4,8-9,11-12H2,1-3H3/t14-,15+,16-/m1/s1. The first-order valence-electron chi connectivity index (χ1n) is 8.73. The minimum Gasteiger partial charge on any atom is -0.494 e. The summed E-state index contributed by atoms with van der Waals surface area (Å²) in [5.41, 5.74) is 0.659. The molecule has 0 aromatic heterocycles. The van der Waals surface area contributed by atoms with E-state index in [4.69, 9.17) is 4.74 Å². The van der Waals surface area contributed by atoms with Crippen LogP contribution in [0.15, 0.2) is 24.3 Å². The number of carbonyl (C=O) groups excluding carboxylic acids is 2. The van der Waals surface area contributed by atoms with Gasteiger partial charge in [0.05, 0.1) is 6.61 Å². The van der Waals surface area contributed by atoms with Crippen LogP contribution in [0, 0.1) is 11.8 Å². The lowest BCUT2D eigenvalue weighted by Crippen LogP contribution is -2.39. The molecule has 1 saturated heterocycles. The smallest absolute Gasteiger partial charge is 0.253 e. The van der Waals surface area contributed by atoms with Crippen LogP contribution < -0.4 is 4.74 Å². The molecule has 1 aliphatic heterocycles. The van der Waals surface area contributed by atoms with Crippen molar-refractivity contribution in [2.24, 2.45) is 11.8 Å². The average Bonchev–Trinajstić information content (AvgIpc) is 2.97. The van der Waals surface area contributed by atoms with E-state index in [2.05, 4.69) is 0 Å². The highest BCUT2D eigenvalue weighted by molar-refractivity contribution is 5.94. The topological polar surface area (TPSA) is 49.9 Å². The summed E-state index contributed by atoms with van der Waals surface area (Å²) >= 11 is 0. The molecule has 0 N–H and O–H groups in total. The highest BCUT2D eigenvalue weighted by Crippen LogP contribution is 2.40. The van der Waals surface area contributed by atoms with Crippen LogP contribution in [-0.2, 0) is 4.79 Å². The molecule has 5 heteroatoms. The van der Waals surface area contributed by atoms with Gasteiger partial charge in [-0.05, 0) is 49.8 Å². The van der Waals surface area contributed by atoms with E-state index in [-0.39, 0.29) is 17.9 Å². The maximum Gasteiger partial charge on any atom is 0.253 e. The van der Waals surface area contributed by atoms with Gasteiger partial charge in [-0.1, -0.05) is 6.07 Å². The Morgan fingerprint density at radius 3 is 2.83 bits per heavy atom. The van der Waals surface area contributed by atoms with E-state index in [1.807, 2.05) is 55.1 Å². The van der Waals surface area contributed by atoms with Crippen LogP contribution in [0.5, 0.6) is 5.75 Å². The minimum atomic E-state index is 0.0277. The molecule has 1 aliphatic carbocycles. The molecule has 0 bridgehead atoms. The van der Waals surface area contributed by atoms with Crippen LogP contribution in [0.3, 0.4) is 0 Å². The summed E-state index contributed by atoms with van der Waals surface area (Å²) in [5, 5.41) is 0. The number of fused-ring (bicyclic) bond motifs is 1. The van der Waals surface area contributed by atoms with E-state index in [9.17, 15) is 9.59 Å². The summed E-state index contributed by atoms with van der Waals surface area (Å²) in [6, 6.07) is 7.57. The molecule has 2 amide bonds. The lowest BCUT2D eigenvalue weighted by Gasteiger charge is -2.31. The summed E-state index contributed by atoms with van der Waals surface area (Å²) in [6.45, 7) is 3.34. The monoisotopic (exact) mass is 330 g/mol. The van der Waals surface area contributed by atoms with Crippen molar-refractivity contribution in [2.75, 3.05) is 27.2 Å². The van der Waals surface area contributed by atoms with E-state index in [1.165, 1.54) is 0 Å². The van der Waals surface area contributed by atoms with Crippen molar-refractivity contribution in [3.8, 4) is 5.75 Å². The third kappa shape index (κ3) is 3.25. The fourth-order valence-corrected chi connectivity index (χ4v) is 4.06. The van der Waals surface area contributed by atoms with Crippen LogP contribution in [0.25, 0.3) is 0 Å². The first-order chi connectivity index (χ1) is 11.5. The predicted octanol–water partition coefficient (Wildman–Crippen LogP) is 2.41. The molecule has 1 heterocycles. The zero-order valence-electron chi connectivity index (χ0n) is 14.7. The van der Waals surface area contributed by atoms with Gasteiger partial charge in [0.15, 0.2) is 0 Å². The van der Waals surface area contributed by atoms with Crippen LogP contribution >= 0.6 is 0 Å². The summed E-state index contributed by atoms with van der Waals surface area (Å²) in [4.78, 5) is 28.4. The molecule has 5 nitrogen and oxygen atoms in total. The molecule has 0 radical (unpaired) electrons. The Balaban J connectivity index is 1.68. The zero-order valence-corrected chi connectivity index (χ0v) is 14.7. The maximum atomic E-state index is 12.8. The van der Waals surface area contributed by atoms with E-state index in [0.29, 0.717) is 30.4 Å². The second kappa shape index (κ2) is 6.83. The molecule has 1 aromatic rings. The van der Waals surface area contributed by atoms with Crippen molar-refractivity contribution in [3.05, 3.63) is 29.8 Å². The molecule has 24 heavy (non-hydrogen) atoms. The van der Waals surface area contributed by atoms with Gasteiger partial charge in [-0.3, -0.25) is 9.59 Å². The largest absolute Gasteiger partial charge is 0.494 e. The number of hydrogen-bond donors (Lipinski definition) is 0. The van der Waals surface area contributed by atoms with Crippen molar-refractivity contribution < 1.29 is 14.3 Å². The van der Waals surface area contributed by atoms with Gasteiger partial charge in [0.1, 0.15) is 5.75 Å². The number of carbonyl (C=O) groups is 2. The number of rotatable bonds is 4. The Bertz CT molecular complexity index is 631. The molecule has 0 unspecified atom stereocenters. The fraction of sp³-hybridized carbons (Fsp3) is 0.579. The Hall–Kier alpha value is -2.04. The number of likely N-dealkylation sites (tertiary alicyclic amines) is 1. The van der Waals surface area contributed by atoms with Gasteiger partial charge >= 0.3 is 0 Å². The van der Waals surface area contributed by atoms with Gasteiger partial charge < -0.3 is 14.5 Å². The number of ether oxygens (including phenoxy) is 1. The van der Waals surface area contributed by atoms with Gasteiger partial charge in [-0.2, -0.15) is 0 Å². The van der Waals surface area contributed by atoms with E-state index < -0.39 is 0 Å². The Morgan fingerprint density at radius 1 is 1.33 bits per heavy atom. The molecule has 2 aliphatic rings. The SMILES string of the molecule is CCOc1cccc(C(=O)N(C)[C@@H]2C[C@@H]3CC(=O)N(C)C[C@@H]3C2)c1. The quantitative estimate of drug-likeness (QED) is 0.852.